The fourth-order valence-corrected chi connectivity index (χ4v) is 2.74. The van der Waals surface area contributed by atoms with Crippen LogP contribution in [0.4, 0.5) is 0 Å². The third kappa shape index (κ3) is 4.52. The van der Waals surface area contributed by atoms with E-state index in [1.165, 1.54) is 0 Å². The second-order valence-corrected chi connectivity index (χ2v) is 6.84. The topological polar surface area (TPSA) is 23.5 Å². The van der Waals surface area contributed by atoms with Gasteiger partial charge < -0.3 is 10.0 Å². The van der Waals surface area contributed by atoms with E-state index in [1.54, 1.807) is 0 Å². The zero-order valence-electron chi connectivity index (χ0n) is 11.0. The summed E-state index contributed by atoms with van der Waals surface area (Å²) in [5.41, 5.74) is -0.213. The fraction of sp³-hybridized carbons (Fsp3) is 1.00. The molecule has 1 N–H and O–H groups in total. The van der Waals surface area contributed by atoms with Crippen LogP contribution in [0.2, 0.25) is 0 Å². The lowest BCUT2D eigenvalue weighted by molar-refractivity contribution is 0.0100. The molecule has 0 aromatic heterocycles. The van der Waals surface area contributed by atoms with Crippen molar-refractivity contribution in [1.82, 2.24) is 4.90 Å². The standard InChI is InChI=1S/C13H27NO/c1-11(2)8-14-7-6-13(15,10-14)9-12(3,4)5/h11,15H,6-10H2,1-5H3. The van der Waals surface area contributed by atoms with Crippen molar-refractivity contribution in [3.8, 4) is 0 Å². The summed E-state index contributed by atoms with van der Waals surface area (Å²) in [7, 11) is 0. The summed E-state index contributed by atoms with van der Waals surface area (Å²) in [5.74, 6) is 0.696. The van der Waals surface area contributed by atoms with Gasteiger partial charge in [-0.25, -0.2) is 0 Å². The van der Waals surface area contributed by atoms with Crippen LogP contribution >= 0.6 is 0 Å². The Morgan fingerprint density at radius 2 is 1.93 bits per heavy atom. The third-order valence-electron chi connectivity index (χ3n) is 2.89. The Labute approximate surface area is 94.7 Å². The van der Waals surface area contributed by atoms with Crippen molar-refractivity contribution < 1.29 is 5.11 Å². The number of hydrogen-bond donors (Lipinski definition) is 1. The average molecular weight is 213 g/mol. The molecule has 0 aromatic rings. The average Bonchev–Trinajstić information content (AvgIpc) is 2.25. The van der Waals surface area contributed by atoms with Crippen molar-refractivity contribution in [2.75, 3.05) is 19.6 Å². The Kier molecular flexibility index (Phi) is 3.83. The molecule has 2 nitrogen and oxygen atoms in total. The van der Waals surface area contributed by atoms with Crippen molar-refractivity contribution in [2.45, 2.75) is 53.1 Å². The van der Waals surface area contributed by atoms with Crippen molar-refractivity contribution in [3.63, 3.8) is 0 Å². The van der Waals surface area contributed by atoms with Gasteiger partial charge >= 0.3 is 0 Å². The summed E-state index contributed by atoms with van der Waals surface area (Å²) in [4.78, 5) is 2.40. The summed E-state index contributed by atoms with van der Waals surface area (Å²) in [6, 6.07) is 0. The van der Waals surface area contributed by atoms with E-state index in [1.807, 2.05) is 0 Å². The molecule has 1 saturated heterocycles. The van der Waals surface area contributed by atoms with Gasteiger partial charge in [-0.15, -0.1) is 0 Å². The molecule has 0 spiro atoms. The number of likely N-dealkylation sites (tertiary alicyclic amines) is 1. The number of nitrogens with zero attached hydrogens (tertiary/aromatic N) is 1. The molecule has 1 aliphatic heterocycles. The van der Waals surface area contributed by atoms with Crippen molar-refractivity contribution in [2.24, 2.45) is 11.3 Å². The minimum atomic E-state index is -0.437. The van der Waals surface area contributed by atoms with E-state index in [9.17, 15) is 5.11 Å². The van der Waals surface area contributed by atoms with Crippen LogP contribution in [0.15, 0.2) is 0 Å². The molecule has 1 rings (SSSR count). The molecule has 0 saturated carbocycles. The molecule has 0 aliphatic carbocycles. The Balaban J connectivity index is 2.46. The Morgan fingerprint density at radius 1 is 1.33 bits per heavy atom. The molecular formula is C13H27NO. The number of hydrogen-bond acceptors (Lipinski definition) is 2. The van der Waals surface area contributed by atoms with Gasteiger partial charge in [0.05, 0.1) is 5.60 Å². The van der Waals surface area contributed by atoms with Crippen LogP contribution in [0.3, 0.4) is 0 Å². The third-order valence-corrected chi connectivity index (χ3v) is 2.89. The maximum Gasteiger partial charge on any atom is 0.0791 e. The van der Waals surface area contributed by atoms with Crippen LogP contribution in [-0.2, 0) is 0 Å². The van der Waals surface area contributed by atoms with Crippen molar-refractivity contribution in [1.29, 1.82) is 0 Å². The molecule has 1 unspecified atom stereocenters. The van der Waals surface area contributed by atoms with Gasteiger partial charge in [0.25, 0.3) is 0 Å². The maximum absolute atomic E-state index is 10.5. The lowest BCUT2D eigenvalue weighted by Gasteiger charge is -2.31. The smallest absolute Gasteiger partial charge is 0.0791 e. The molecule has 1 fully saturated rings. The minimum Gasteiger partial charge on any atom is -0.388 e. The predicted octanol–water partition coefficient (Wildman–Crippen LogP) is 2.52. The highest BCUT2D eigenvalue weighted by Crippen LogP contribution is 2.33. The SMILES string of the molecule is CC(C)CN1CCC(O)(CC(C)(C)C)C1. The fourth-order valence-electron chi connectivity index (χ4n) is 2.74. The monoisotopic (exact) mass is 213 g/mol. The first-order valence-corrected chi connectivity index (χ1v) is 6.15. The van der Waals surface area contributed by atoms with E-state index >= 15 is 0 Å². The molecule has 1 atom stereocenters. The van der Waals surface area contributed by atoms with Gasteiger partial charge in [-0.05, 0) is 24.2 Å². The van der Waals surface area contributed by atoms with Crippen LogP contribution in [0.5, 0.6) is 0 Å². The second kappa shape index (κ2) is 4.42. The molecule has 1 aliphatic rings. The molecule has 2 heteroatoms. The lowest BCUT2D eigenvalue weighted by Crippen LogP contribution is -2.37. The first-order chi connectivity index (χ1) is 6.70. The van der Waals surface area contributed by atoms with E-state index in [2.05, 4.69) is 39.5 Å². The second-order valence-electron chi connectivity index (χ2n) is 6.84. The Hall–Kier alpha value is -0.0800. The first-order valence-electron chi connectivity index (χ1n) is 6.15. The van der Waals surface area contributed by atoms with Crippen LogP contribution < -0.4 is 0 Å². The zero-order chi connectivity index (χ0) is 11.7. The molecular weight excluding hydrogens is 186 g/mol. The molecule has 0 aromatic carbocycles. The first kappa shape index (κ1) is 13.0. The number of rotatable bonds is 3. The van der Waals surface area contributed by atoms with Crippen LogP contribution in [-0.4, -0.2) is 35.2 Å². The normalized spacial score (nSPS) is 29.0. The zero-order valence-corrected chi connectivity index (χ0v) is 11.0. The molecule has 0 bridgehead atoms. The van der Waals surface area contributed by atoms with Gasteiger partial charge in [0.1, 0.15) is 0 Å². The van der Waals surface area contributed by atoms with E-state index in [0.29, 0.717) is 5.92 Å². The van der Waals surface area contributed by atoms with E-state index in [0.717, 1.165) is 32.5 Å². The molecule has 1 heterocycles. The van der Waals surface area contributed by atoms with Gasteiger partial charge in [0, 0.05) is 19.6 Å². The number of aliphatic hydroxyl groups is 1. The van der Waals surface area contributed by atoms with Crippen LogP contribution in [0.25, 0.3) is 0 Å². The quantitative estimate of drug-likeness (QED) is 0.778. The van der Waals surface area contributed by atoms with E-state index in [-0.39, 0.29) is 5.41 Å². The highest BCUT2D eigenvalue weighted by molar-refractivity contribution is 4.93. The van der Waals surface area contributed by atoms with E-state index < -0.39 is 5.60 Å². The van der Waals surface area contributed by atoms with Crippen LogP contribution in [0.1, 0.15) is 47.5 Å². The van der Waals surface area contributed by atoms with Gasteiger partial charge in [0.15, 0.2) is 0 Å². The summed E-state index contributed by atoms with van der Waals surface area (Å²) in [6.07, 6.45) is 1.85. The van der Waals surface area contributed by atoms with Crippen molar-refractivity contribution >= 4 is 0 Å². The summed E-state index contributed by atoms with van der Waals surface area (Å²) in [6.45, 7) is 14.1. The van der Waals surface area contributed by atoms with Crippen LogP contribution in [0, 0.1) is 11.3 Å². The van der Waals surface area contributed by atoms with Gasteiger partial charge in [-0.3, -0.25) is 0 Å². The molecule has 0 radical (unpaired) electrons. The maximum atomic E-state index is 10.5. The van der Waals surface area contributed by atoms with Gasteiger partial charge in [0.2, 0.25) is 0 Å². The Bertz CT molecular complexity index is 207. The van der Waals surface area contributed by atoms with Gasteiger partial charge in [-0.1, -0.05) is 34.6 Å². The predicted molar refractivity (Wildman–Crippen MR) is 64.9 cm³/mol. The minimum absolute atomic E-state index is 0.225. The number of β-amino-alcohol motifs (C(OH)–C–C–N with tert-alkyl or cyclic N) is 1. The molecule has 90 valence electrons. The van der Waals surface area contributed by atoms with Crippen molar-refractivity contribution in [3.05, 3.63) is 0 Å². The highest BCUT2D eigenvalue weighted by atomic mass is 16.3. The summed E-state index contributed by atoms with van der Waals surface area (Å²) >= 11 is 0. The van der Waals surface area contributed by atoms with E-state index in [4.69, 9.17) is 0 Å². The highest BCUT2D eigenvalue weighted by Gasteiger charge is 2.38. The molecule has 15 heavy (non-hydrogen) atoms. The largest absolute Gasteiger partial charge is 0.388 e. The Morgan fingerprint density at radius 3 is 2.40 bits per heavy atom. The summed E-state index contributed by atoms with van der Waals surface area (Å²) in [5, 5.41) is 10.5. The lowest BCUT2D eigenvalue weighted by atomic mass is 9.81. The summed E-state index contributed by atoms with van der Waals surface area (Å²) < 4.78 is 0. The van der Waals surface area contributed by atoms with Gasteiger partial charge in [-0.2, -0.15) is 0 Å². The molecule has 0 amide bonds.